The summed E-state index contributed by atoms with van der Waals surface area (Å²) in [4.78, 5) is 0. The molecule has 0 amide bonds. The van der Waals surface area contributed by atoms with Gasteiger partial charge in [0.15, 0.2) is 0 Å². The molecule has 2 aromatic rings. The van der Waals surface area contributed by atoms with Gasteiger partial charge in [0, 0.05) is 16.1 Å². The van der Waals surface area contributed by atoms with Crippen molar-refractivity contribution in [3.63, 3.8) is 0 Å². The highest BCUT2D eigenvalue weighted by Crippen LogP contribution is 2.28. The van der Waals surface area contributed by atoms with E-state index >= 15 is 0 Å². The second-order valence-corrected chi connectivity index (χ2v) is 5.52. The van der Waals surface area contributed by atoms with E-state index in [1.165, 1.54) is 6.07 Å². The normalized spacial score (nSPS) is 12.2. The number of halogens is 3. The van der Waals surface area contributed by atoms with Gasteiger partial charge in [0.1, 0.15) is 17.4 Å². The van der Waals surface area contributed by atoms with E-state index in [0.717, 1.165) is 27.9 Å². The quantitative estimate of drug-likeness (QED) is 0.865. The lowest BCUT2D eigenvalue weighted by atomic mass is 9.98. The van der Waals surface area contributed by atoms with Crippen LogP contribution in [0, 0.1) is 11.6 Å². The average Bonchev–Trinajstić information content (AvgIpc) is 2.49. The van der Waals surface area contributed by atoms with Crippen LogP contribution < -0.4 is 10.1 Å². The number of hydrogen-bond donors (Lipinski definition) is 1. The Kier molecular flexibility index (Phi) is 5.31. The highest BCUT2D eigenvalue weighted by molar-refractivity contribution is 9.10. The summed E-state index contributed by atoms with van der Waals surface area (Å²) in [7, 11) is 3.32. The van der Waals surface area contributed by atoms with Crippen molar-refractivity contribution in [2.45, 2.75) is 12.5 Å². The molecule has 0 saturated heterocycles. The van der Waals surface area contributed by atoms with Crippen LogP contribution in [0.2, 0.25) is 0 Å². The Morgan fingerprint density at radius 1 is 1.19 bits per heavy atom. The maximum atomic E-state index is 13.9. The Morgan fingerprint density at radius 2 is 1.95 bits per heavy atom. The molecule has 0 aromatic heterocycles. The van der Waals surface area contributed by atoms with E-state index in [1.807, 2.05) is 18.2 Å². The van der Waals surface area contributed by atoms with Crippen LogP contribution in [0.5, 0.6) is 5.75 Å². The molecule has 0 fully saturated rings. The summed E-state index contributed by atoms with van der Waals surface area (Å²) in [6, 6.07) is 8.76. The predicted molar refractivity (Wildman–Crippen MR) is 82.6 cm³/mol. The van der Waals surface area contributed by atoms with Gasteiger partial charge >= 0.3 is 0 Å². The zero-order chi connectivity index (χ0) is 15.4. The van der Waals surface area contributed by atoms with E-state index in [-0.39, 0.29) is 6.04 Å². The molecular weight excluding hydrogens is 340 g/mol. The number of likely N-dealkylation sites (N-methyl/N-ethyl adjacent to an activating group) is 1. The van der Waals surface area contributed by atoms with E-state index in [0.29, 0.717) is 12.0 Å². The summed E-state index contributed by atoms with van der Waals surface area (Å²) in [5.74, 6) is -0.145. The topological polar surface area (TPSA) is 21.3 Å². The second-order valence-electron chi connectivity index (χ2n) is 4.67. The number of ether oxygens (including phenoxy) is 1. The lowest BCUT2D eigenvalue weighted by molar-refractivity contribution is 0.413. The molecule has 0 radical (unpaired) electrons. The molecule has 0 aliphatic carbocycles. The Labute approximate surface area is 131 Å². The Hall–Kier alpha value is -1.46. The molecule has 112 valence electrons. The molecule has 0 aliphatic rings. The first-order valence-electron chi connectivity index (χ1n) is 6.49. The van der Waals surface area contributed by atoms with Crippen molar-refractivity contribution in [3.8, 4) is 5.75 Å². The van der Waals surface area contributed by atoms with Crippen LogP contribution in [0.15, 0.2) is 40.9 Å². The maximum Gasteiger partial charge on any atom is 0.128 e. The van der Waals surface area contributed by atoms with Gasteiger partial charge in [0.2, 0.25) is 0 Å². The van der Waals surface area contributed by atoms with Crippen molar-refractivity contribution in [1.29, 1.82) is 0 Å². The molecule has 1 atom stereocenters. The summed E-state index contributed by atoms with van der Waals surface area (Å²) < 4.78 is 33.4. The third kappa shape index (κ3) is 3.80. The lowest BCUT2D eigenvalue weighted by Gasteiger charge is -2.19. The van der Waals surface area contributed by atoms with Crippen molar-refractivity contribution >= 4 is 15.9 Å². The van der Waals surface area contributed by atoms with Crippen molar-refractivity contribution in [2.75, 3.05) is 14.2 Å². The molecule has 21 heavy (non-hydrogen) atoms. The van der Waals surface area contributed by atoms with Gasteiger partial charge in [-0.15, -0.1) is 0 Å². The molecule has 0 bridgehead atoms. The fraction of sp³-hybridized carbons (Fsp3) is 0.250. The molecule has 0 saturated carbocycles. The molecule has 5 heteroatoms. The van der Waals surface area contributed by atoms with Crippen molar-refractivity contribution in [3.05, 3.63) is 63.6 Å². The van der Waals surface area contributed by atoms with E-state index in [4.69, 9.17) is 4.74 Å². The van der Waals surface area contributed by atoms with Gasteiger partial charge in [-0.1, -0.05) is 15.9 Å². The highest BCUT2D eigenvalue weighted by Gasteiger charge is 2.17. The minimum absolute atomic E-state index is 0.312. The van der Waals surface area contributed by atoms with E-state index in [1.54, 1.807) is 14.2 Å². The summed E-state index contributed by atoms with van der Waals surface area (Å²) in [5, 5.41) is 3.03. The van der Waals surface area contributed by atoms with Crippen LogP contribution in [0.25, 0.3) is 0 Å². The first-order valence-corrected chi connectivity index (χ1v) is 7.29. The molecule has 2 rings (SSSR count). The summed E-state index contributed by atoms with van der Waals surface area (Å²) in [6.45, 7) is 0. The molecule has 0 heterocycles. The molecular formula is C16H16BrF2NO. The minimum Gasteiger partial charge on any atom is -0.497 e. The minimum atomic E-state index is -0.448. The number of hydrogen-bond acceptors (Lipinski definition) is 2. The van der Waals surface area contributed by atoms with Gasteiger partial charge in [-0.3, -0.25) is 0 Å². The van der Waals surface area contributed by atoms with Crippen molar-refractivity contribution < 1.29 is 13.5 Å². The number of nitrogens with one attached hydrogen (secondary N) is 1. The lowest BCUT2D eigenvalue weighted by Crippen LogP contribution is -2.20. The maximum absolute atomic E-state index is 13.9. The molecule has 0 spiro atoms. The molecule has 0 aliphatic heterocycles. The van der Waals surface area contributed by atoms with E-state index < -0.39 is 11.6 Å². The molecule has 1 N–H and O–H groups in total. The van der Waals surface area contributed by atoms with E-state index in [9.17, 15) is 8.78 Å². The number of methoxy groups -OCH3 is 1. The summed E-state index contributed by atoms with van der Waals surface area (Å²) in [5.41, 5.74) is 1.27. The van der Waals surface area contributed by atoms with Crippen LogP contribution in [0.1, 0.15) is 17.2 Å². The van der Waals surface area contributed by atoms with Gasteiger partial charge in [-0.25, -0.2) is 8.78 Å². The highest BCUT2D eigenvalue weighted by atomic mass is 79.9. The van der Waals surface area contributed by atoms with E-state index in [2.05, 4.69) is 21.2 Å². The molecule has 2 nitrogen and oxygen atoms in total. The second kappa shape index (κ2) is 7.00. The zero-order valence-corrected chi connectivity index (χ0v) is 13.4. The van der Waals surface area contributed by atoms with Crippen LogP contribution >= 0.6 is 15.9 Å². The van der Waals surface area contributed by atoms with Gasteiger partial charge in [0.05, 0.1) is 7.11 Å². The van der Waals surface area contributed by atoms with Gasteiger partial charge in [-0.2, -0.15) is 0 Å². The fourth-order valence-corrected chi connectivity index (χ4v) is 2.61. The van der Waals surface area contributed by atoms with Crippen LogP contribution in [-0.2, 0) is 6.42 Å². The third-order valence-corrected chi connectivity index (χ3v) is 4.13. The Morgan fingerprint density at radius 3 is 2.62 bits per heavy atom. The zero-order valence-electron chi connectivity index (χ0n) is 11.8. The SMILES string of the molecule is CNC(Cc1cc(OC)ccc1Br)c1cc(F)ccc1F. The van der Waals surface area contributed by atoms with Crippen molar-refractivity contribution in [2.24, 2.45) is 0 Å². The van der Waals surface area contributed by atoms with Gasteiger partial charge in [0.25, 0.3) is 0 Å². The standard InChI is InChI=1S/C16H16BrF2NO/c1-20-16(13-9-11(18)3-6-15(13)19)8-10-7-12(21-2)4-5-14(10)17/h3-7,9,16,20H,8H2,1-2H3. The monoisotopic (exact) mass is 355 g/mol. The predicted octanol–water partition coefficient (Wildman–Crippen LogP) is 4.24. The number of benzene rings is 2. The first-order chi connectivity index (χ1) is 10.0. The van der Waals surface area contributed by atoms with Crippen LogP contribution in [0.3, 0.4) is 0 Å². The van der Waals surface area contributed by atoms with Crippen LogP contribution in [-0.4, -0.2) is 14.2 Å². The first kappa shape index (κ1) is 15.9. The summed E-state index contributed by atoms with van der Waals surface area (Å²) in [6.07, 6.45) is 0.509. The van der Waals surface area contributed by atoms with Gasteiger partial charge in [-0.05, 0) is 55.4 Å². The fourth-order valence-electron chi connectivity index (χ4n) is 2.20. The Balaban J connectivity index is 2.33. The Bertz CT molecular complexity index is 634. The van der Waals surface area contributed by atoms with Crippen molar-refractivity contribution in [1.82, 2.24) is 5.32 Å². The summed E-state index contributed by atoms with van der Waals surface area (Å²) >= 11 is 3.47. The average molecular weight is 356 g/mol. The molecule has 1 unspecified atom stereocenters. The van der Waals surface area contributed by atoms with Gasteiger partial charge < -0.3 is 10.1 Å². The third-order valence-electron chi connectivity index (χ3n) is 3.36. The smallest absolute Gasteiger partial charge is 0.128 e. The number of rotatable bonds is 5. The van der Waals surface area contributed by atoms with Crippen LogP contribution in [0.4, 0.5) is 8.78 Å². The molecule has 2 aromatic carbocycles. The largest absolute Gasteiger partial charge is 0.497 e.